The van der Waals surface area contributed by atoms with Gasteiger partial charge in [-0.2, -0.15) is 0 Å². The first kappa shape index (κ1) is 11.6. The summed E-state index contributed by atoms with van der Waals surface area (Å²) in [6.07, 6.45) is 15.5. The molecule has 0 aromatic heterocycles. The number of rotatable bonds is 6. The fourth-order valence-corrected chi connectivity index (χ4v) is 2.92. The van der Waals surface area contributed by atoms with Gasteiger partial charge >= 0.3 is 0 Å². The first-order chi connectivity index (χ1) is 9.38. The van der Waals surface area contributed by atoms with Crippen molar-refractivity contribution in [3.05, 3.63) is 47.6 Å². The van der Waals surface area contributed by atoms with Crippen LogP contribution in [0, 0.1) is 0 Å². The number of hydrogen-bond donors (Lipinski definition) is 0. The normalized spacial score (nSPS) is 38.5. The second-order valence-electron chi connectivity index (χ2n) is 5.56. The predicted molar refractivity (Wildman–Crippen MR) is 71.8 cm³/mol. The summed E-state index contributed by atoms with van der Waals surface area (Å²) in [7, 11) is 0. The highest BCUT2D eigenvalue weighted by Crippen LogP contribution is 2.50. The molecule has 2 fully saturated rings. The zero-order valence-corrected chi connectivity index (χ0v) is 10.9. The summed E-state index contributed by atoms with van der Waals surface area (Å²) in [6, 6.07) is 0. The third-order valence-electron chi connectivity index (χ3n) is 4.17. The van der Waals surface area contributed by atoms with Crippen LogP contribution in [0.15, 0.2) is 47.6 Å². The van der Waals surface area contributed by atoms with Gasteiger partial charge in [0.25, 0.3) is 0 Å². The van der Waals surface area contributed by atoms with Crippen molar-refractivity contribution in [2.45, 2.75) is 30.7 Å². The zero-order chi connectivity index (χ0) is 12.7. The van der Waals surface area contributed by atoms with Crippen LogP contribution in [0.4, 0.5) is 0 Å². The summed E-state index contributed by atoms with van der Waals surface area (Å²) in [4.78, 5) is 0. The quantitative estimate of drug-likeness (QED) is 0.686. The summed E-state index contributed by atoms with van der Waals surface area (Å²) in [6.45, 7) is 2.18. The second kappa shape index (κ2) is 4.44. The molecule has 0 saturated carbocycles. The first-order valence-corrected chi connectivity index (χ1v) is 6.97. The third-order valence-corrected chi connectivity index (χ3v) is 4.17. The van der Waals surface area contributed by atoms with E-state index >= 15 is 0 Å². The predicted octanol–water partition coefficient (Wildman–Crippen LogP) is 2.31. The Morgan fingerprint density at radius 2 is 2.05 bits per heavy atom. The van der Waals surface area contributed by atoms with Crippen molar-refractivity contribution in [2.24, 2.45) is 0 Å². The van der Waals surface area contributed by atoms with Crippen LogP contribution in [-0.4, -0.2) is 37.6 Å². The molecule has 3 nitrogen and oxygen atoms in total. The van der Waals surface area contributed by atoms with Crippen molar-refractivity contribution in [2.75, 3.05) is 19.8 Å². The number of allylic oxidation sites excluding steroid dienone is 6. The lowest BCUT2D eigenvalue weighted by Crippen LogP contribution is -2.26. The number of epoxide rings is 2. The molecule has 0 N–H and O–H groups in total. The molecular weight excluding hydrogens is 240 g/mol. The van der Waals surface area contributed by atoms with E-state index in [-0.39, 0.29) is 11.7 Å². The van der Waals surface area contributed by atoms with E-state index in [0.29, 0.717) is 19.3 Å². The zero-order valence-electron chi connectivity index (χ0n) is 10.9. The van der Waals surface area contributed by atoms with Crippen LogP contribution in [-0.2, 0) is 14.2 Å². The van der Waals surface area contributed by atoms with Gasteiger partial charge in [-0.15, -0.1) is 0 Å². The molecule has 2 heterocycles. The maximum atomic E-state index is 6.09. The monoisotopic (exact) mass is 258 g/mol. The van der Waals surface area contributed by atoms with Crippen LogP contribution in [0.2, 0.25) is 0 Å². The van der Waals surface area contributed by atoms with Crippen molar-refractivity contribution < 1.29 is 14.2 Å². The van der Waals surface area contributed by atoms with Gasteiger partial charge in [0.2, 0.25) is 0 Å². The highest BCUT2D eigenvalue weighted by molar-refractivity contribution is 5.44. The average Bonchev–Trinajstić information content (AvgIpc) is 3.23. The SMILES string of the molecule is C1=CCC(C2OC2(COCC2CO2)C2=CC=CC2)=C1. The Morgan fingerprint density at radius 3 is 2.74 bits per heavy atom. The molecule has 0 radical (unpaired) electrons. The van der Waals surface area contributed by atoms with E-state index < -0.39 is 0 Å². The molecule has 0 amide bonds. The molecule has 2 saturated heterocycles. The van der Waals surface area contributed by atoms with E-state index in [1.54, 1.807) is 0 Å². The Hall–Kier alpha value is -1.16. The highest BCUT2D eigenvalue weighted by Gasteiger charge is 2.60. The molecule has 19 heavy (non-hydrogen) atoms. The summed E-state index contributed by atoms with van der Waals surface area (Å²) >= 11 is 0. The smallest absolute Gasteiger partial charge is 0.144 e. The fraction of sp³-hybridized carbons (Fsp3) is 0.500. The standard InChI is InChI=1S/C16H18O3/c1-2-6-12(5-1)15-16(19-15,13-7-3-4-8-13)11-17-9-14-10-18-14/h1-5,7,14-15H,6,8-11H2. The molecule has 3 heteroatoms. The van der Waals surface area contributed by atoms with E-state index in [0.717, 1.165) is 19.4 Å². The maximum Gasteiger partial charge on any atom is 0.144 e. The minimum absolute atomic E-state index is 0.203. The van der Waals surface area contributed by atoms with Crippen LogP contribution < -0.4 is 0 Å². The minimum atomic E-state index is -0.212. The second-order valence-corrected chi connectivity index (χ2v) is 5.56. The first-order valence-electron chi connectivity index (χ1n) is 6.97. The topological polar surface area (TPSA) is 34.3 Å². The molecule has 2 aliphatic carbocycles. The average molecular weight is 258 g/mol. The summed E-state index contributed by atoms with van der Waals surface area (Å²) in [5.74, 6) is 0. The van der Waals surface area contributed by atoms with Gasteiger partial charge in [0, 0.05) is 0 Å². The summed E-state index contributed by atoms with van der Waals surface area (Å²) in [5.41, 5.74) is 2.51. The molecule has 0 aromatic carbocycles. The molecule has 0 aromatic rings. The van der Waals surface area contributed by atoms with Crippen LogP contribution in [0.3, 0.4) is 0 Å². The lowest BCUT2D eigenvalue weighted by molar-refractivity contribution is 0.0789. The lowest BCUT2D eigenvalue weighted by Gasteiger charge is -2.15. The van der Waals surface area contributed by atoms with E-state index in [1.165, 1.54) is 11.1 Å². The fourth-order valence-electron chi connectivity index (χ4n) is 2.92. The molecule has 3 atom stereocenters. The van der Waals surface area contributed by atoms with Crippen LogP contribution >= 0.6 is 0 Å². The summed E-state index contributed by atoms with van der Waals surface area (Å²) in [5, 5.41) is 0. The minimum Gasteiger partial charge on any atom is -0.375 e. The van der Waals surface area contributed by atoms with Gasteiger partial charge in [0.15, 0.2) is 0 Å². The molecule has 4 rings (SSSR count). The Kier molecular flexibility index (Phi) is 2.72. The van der Waals surface area contributed by atoms with E-state index in [9.17, 15) is 0 Å². The third kappa shape index (κ3) is 2.12. The highest BCUT2D eigenvalue weighted by atomic mass is 16.6. The van der Waals surface area contributed by atoms with Gasteiger partial charge in [-0.1, -0.05) is 36.5 Å². The Bertz CT molecular complexity index is 496. The van der Waals surface area contributed by atoms with Crippen molar-refractivity contribution >= 4 is 0 Å². The van der Waals surface area contributed by atoms with Crippen LogP contribution in [0.25, 0.3) is 0 Å². The van der Waals surface area contributed by atoms with Gasteiger partial charge < -0.3 is 14.2 Å². The van der Waals surface area contributed by atoms with Gasteiger partial charge in [-0.25, -0.2) is 0 Å². The van der Waals surface area contributed by atoms with E-state index in [4.69, 9.17) is 14.2 Å². The van der Waals surface area contributed by atoms with Gasteiger partial charge in [0.05, 0.1) is 19.8 Å². The lowest BCUT2D eigenvalue weighted by atomic mass is 9.91. The molecular formula is C16H18O3. The van der Waals surface area contributed by atoms with Crippen LogP contribution in [0.5, 0.6) is 0 Å². The van der Waals surface area contributed by atoms with E-state index in [1.807, 2.05) is 0 Å². The number of hydrogen-bond acceptors (Lipinski definition) is 3. The molecule has 3 unspecified atom stereocenters. The molecule has 100 valence electrons. The summed E-state index contributed by atoms with van der Waals surface area (Å²) < 4.78 is 17.1. The largest absolute Gasteiger partial charge is 0.375 e. The maximum absolute atomic E-state index is 6.09. The molecule has 0 bridgehead atoms. The van der Waals surface area contributed by atoms with Crippen molar-refractivity contribution in [3.63, 3.8) is 0 Å². The number of ether oxygens (including phenoxy) is 3. The van der Waals surface area contributed by atoms with Gasteiger partial charge in [-0.3, -0.25) is 0 Å². The van der Waals surface area contributed by atoms with Crippen molar-refractivity contribution in [3.8, 4) is 0 Å². The van der Waals surface area contributed by atoms with Crippen molar-refractivity contribution in [1.29, 1.82) is 0 Å². The van der Waals surface area contributed by atoms with Gasteiger partial charge in [-0.05, 0) is 24.0 Å². The van der Waals surface area contributed by atoms with Crippen molar-refractivity contribution in [1.82, 2.24) is 0 Å². The van der Waals surface area contributed by atoms with E-state index in [2.05, 4.69) is 36.5 Å². The Balaban J connectivity index is 1.45. The van der Waals surface area contributed by atoms with Gasteiger partial charge in [0.1, 0.15) is 17.8 Å². The molecule has 4 aliphatic rings. The molecule has 0 spiro atoms. The molecule has 2 aliphatic heterocycles. The van der Waals surface area contributed by atoms with Crippen LogP contribution in [0.1, 0.15) is 12.8 Å². The Morgan fingerprint density at radius 1 is 1.21 bits per heavy atom. The Labute approximate surface area is 113 Å².